The number of para-hydroxylation sites is 1. The number of H-pyrrole nitrogens is 1. The number of hydrogen-bond donors (Lipinski definition) is 6. The molecular formula is C21H28N4O6. The Labute approximate surface area is 179 Å². The van der Waals surface area contributed by atoms with Crippen LogP contribution in [0.2, 0.25) is 0 Å². The smallest absolute Gasteiger partial charge is 0.326 e. The van der Waals surface area contributed by atoms with Gasteiger partial charge in [0.25, 0.3) is 0 Å². The molecule has 0 saturated carbocycles. The second-order valence-corrected chi connectivity index (χ2v) is 7.73. The highest BCUT2D eigenvalue weighted by atomic mass is 16.4. The van der Waals surface area contributed by atoms with E-state index in [4.69, 9.17) is 10.8 Å². The molecule has 31 heavy (non-hydrogen) atoms. The number of aromatic nitrogens is 1. The van der Waals surface area contributed by atoms with E-state index in [0.29, 0.717) is 0 Å². The van der Waals surface area contributed by atoms with Gasteiger partial charge in [0.15, 0.2) is 0 Å². The maximum absolute atomic E-state index is 12.6. The zero-order valence-corrected chi connectivity index (χ0v) is 17.4. The van der Waals surface area contributed by atoms with Crippen LogP contribution in [0.4, 0.5) is 0 Å². The standard InChI is InChI=1S/C21H28N4O6/c1-11(2)18(20(29)24-16(21(30)31)7-8-17(26)27)25-19(28)14(22)9-12-10-23-15-6-4-3-5-13(12)15/h3-6,10-11,14,16,18,23H,7-9,22H2,1-2H3,(H,24,29)(H,25,28)(H,26,27)(H,30,31)/t14-,16-,18-/m0/s1. The number of carbonyl (C=O) groups excluding carboxylic acids is 2. The Morgan fingerprint density at radius 2 is 1.74 bits per heavy atom. The van der Waals surface area contributed by atoms with Crippen LogP contribution in [0.15, 0.2) is 30.5 Å². The van der Waals surface area contributed by atoms with Crippen molar-refractivity contribution in [2.45, 2.75) is 51.2 Å². The summed E-state index contributed by atoms with van der Waals surface area (Å²) in [7, 11) is 0. The van der Waals surface area contributed by atoms with Gasteiger partial charge in [-0.25, -0.2) is 4.79 Å². The Bertz CT molecular complexity index is 954. The lowest BCUT2D eigenvalue weighted by Gasteiger charge is -2.25. The number of fused-ring (bicyclic) bond motifs is 1. The normalized spacial score (nSPS) is 14.1. The number of aliphatic carboxylic acids is 2. The summed E-state index contributed by atoms with van der Waals surface area (Å²) in [6.07, 6.45) is 1.35. The molecule has 7 N–H and O–H groups in total. The molecule has 0 unspecified atom stereocenters. The van der Waals surface area contributed by atoms with Crippen molar-refractivity contribution >= 4 is 34.7 Å². The number of nitrogens with one attached hydrogen (secondary N) is 3. The third kappa shape index (κ3) is 6.54. The minimum Gasteiger partial charge on any atom is -0.481 e. The SMILES string of the molecule is CC(C)[C@H](NC(=O)[C@@H](N)Cc1c[nH]c2ccccc12)C(=O)N[C@@H](CCC(=O)O)C(=O)O. The van der Waals surface area contributed by atoms with Gasteiger partial charge in [-0.3, -0.25) is 14.4 Å². The third-order valence-corrected chi connectivity index (χ3v) is 4.96. The van der Waals surface area contributed by atoms with Gasteiger partial charge >= 0.3 is 11.9 Å². The molecule has 0 radical (unpaired) electrons. The van der Waals surface area contributed by atoms with Crippen molar-refractivity contribution in [3.63, 3.8) is 0 Å². The van der Waals surface area contributed by atoms with Gasteiger partial charge in [0, 0.05) is 23.5 Å². The van der Waals surface area contributed by atoms with Crippen molar-refractivity contribution in [1.29, 1.82) is 0 Å². The molecule has 10 nitrogen and oxygen atoms in total. The summed E-state index contributed by atoms with van der Waals surface area (Å²) in [5, 5.41) is 23.8. The van der Waals surface area contributed by atoms with E-state index in [2.05, 4.69) is 15.6 Å². The molecule has 10 heteroatoms. The van der Waals surface area contributed by atoms with Gasteiger partial charge in [-0.05, 0) is 30.4 Å². The molecule has 2 amide bonds. The van der Waals surface area contributed by atoms with Crippen LogP contribution in [0.5, 0.6) is 0 Å². The molecule has 1 heterocycles. The van der Waals surface area contributed by atoms with Crippen LogP contribution in [-0.2, 0) is 25.6 Å². The van der Waals surface area contributed by atoms with Gasteiger partial charge in [0.2, 0.25) is 11.8 Å². The highest BCUT2D eigenvalue weighted by molar-refractivity contribution is 5.92. The Morgan fingerprint density at radius 1 is 1.06 bits per heavy atom. The zero-order valence-electron chi connectivity index (χ0n) is 17.4. The molecule has 0 saturated heterocycles. The molecular weight excluding hydrogens is 404 g/mol. The fraction of sp³-hybridized carbons (Fsp3) is 0.429. The fourth-order valence-corrected chi connectivity index (χ4v) is 3.21. The first-order valence-corrected chi connectivity index (χ1v) is 9.96. The van der Waals surface area contributed by atoms with E-state index in [1.54, 1.807) is 20.0 Å². The van der Waals surface area contributed by atoms with Crippen molar-refractivity contribution in [3.8, 4) is 0 Å². The van der Waals surface area contributed by atoms with Crippen LogP contribution >= 0.6 is 0 Å². The predicted molar refractivity (Wildman–Crippen MR) is 113 cm³/mol. The highest BCUT2D eigenvalue weighted by Crippen LogP contribution is 2.19. The molecule has 0 aliphatic rings. The van der Waals surface area contributed by atoms with E-state index in [-0.39, 0.29) is 18.8 Å². The van der Waals surface area contributed by atoms with E-state index < -0.39 is 48.3 Å². The van der Waals surface area contributed by atoms with Crippen LogP contribution < -0.4 is 16.4 Å². The molecule has 0 aliphatic carbocycles. The molecule has 1 aromatic carbocycles. The number of rotatable bonds is 11. The number of aromatic amines is 1. The lowest BCUT2D eigenvalue weighted by Crippen LogP contribution is -2.56. The number of carboxylic acid groups (broad SMARTS) is 2. The Hall–Kier alpha value is -3.40. The molecule has 2 aromatic rings. The number of carboxylic acids is 2. The average molecular weight is 432 g/mol. The Kier molecular flexibility index (Phi) is 8.14. The monoisotopic (exact) mass is 432 g/mol. The number of benzene rings is 1. The maximum atomic E-state index is 12.6. The molecule has 0 spiro atoms. The molecule has 3 atom stereocenters. The summed E-state index contributed by atoms with van der Waals surface area (Å²) in [6, 6.07) is 4.28. The predicted octanol–water partition coefficient (Wildman–Crippen LogP) is 0.613. The molecule has 1 aromatic heterocycles. The zero-order chi connectivity index (χ0) is 23.1. The van der Waals surface area contributed by atoms with E-state index >= 15 is 0 Å². The Morgan fingerprint density at radius 3 is 2.35 bits per heavy atom. The van der Waals surface area contributed by atoms with Gasteiger partial charge in [0.1, 0.15) is 12.1 Å². The summed E-state index contributed by atoms with van der Waals surface area (Å²) >= 11 is 0. The second-order valence-electron chi connectivity index (χ2n) is 7.73. The Balaban J connectivity index is 2.03. The lowest BCUT2D eigenvalue weighted by molar-refractivity contribution is -0.143. The van der Waals surface area contributed by atoms with Gasteiger partial charge in [-0.15, -0.1) is 0 Å². The van der Waals surface area contributed by atoms with Crippen LogP contribution in [0.3, 0.4) is 0 Å². The minimum atomic E-state index is -1.37. The van der Waals surface area contributed by atoms with Crippen LogP contribution in [0, 0.1) is 5.92 Å². The first-order valence-electron chi connectivity index (χ1n) is 9.96. The summed E-state index contributed by atoms with van der Waals surface area (Å²) in [6.45, 7) is 3.39. The first-order chi connectivity index (χ1) is 14.6. The molecule has 0 fully saturated rings. The third-order valence-electron chi connectivity index (χ3n) is 4.96. The van der Waals surface area contributed by atoms with E-state index in [0.717, 1.165) is 16.5 Å². The molecule has 0 aliphatic heterocycles. The minimum absolute atomic E-state index is 0.249. The van der Waals surface area contributed by atoms with Crippen LogP contribution in [0.1, 0.15) is 32.3 Å². The van der Waals surface area contributed by atoms with E-state index in [9.17, 15) is 24.3 Å². The van der Waals surface area contributed by atoms with E-state index in [1.807, 2.05) is 24.3 Å². The van der Waals surface area contributed by atoms with Gasteiger partial charge in [-0.1, -0.05) is 32.0 Å². The van der Waals surface area contributed by atoms with Crippen molar-refractivity contribution in [3.05, 3.63) is 36.0 Å². The van der Waals surface area contributed by atoms with Crippen LogP contribution in [-0.4, -0.2) is 57.1 Å². The first kappa shape index (κ1) is 23.9. The lowest BCUT2D eigenvalue weighted by atomic mass is 10.0. The number of amides is 2. The number of carbonyl (C=O) groups is 4. The van der Waals surface area contributed by atoms with E-state index in [1.165, 1.54) is 0 Å². The van der Waals surface area contributed by atoms with Crippen molar-refractivity contribution < 1.29 is 29.4 Å². The average Bonchev–Trinajstić information content (AvgIpc) is 3.11. The van der Waals surface area contributed by atoms with Gasteiger partial charge < -0.3 is 31.6 Å². The van der Waals surface area contributed by atoms with Crippen molar-refractivity contribution in [1.82, 2.24) is 15.6 Å². The van der Waals surface area contributed by atoms with Gasteiger partial charge in [0.05, 0.1) is 6.04 Å². The largest absolute Gasteiger partial charge is 0.481 e. The molecule has 168 valence electrons. The maximum Gasteiger partial charge on any atom is 0.326 e. The number of hydrogen-bond acceptors (Lipinski definition) is 5. The van der Waals surface area contributed by atoms with Gasteiger partial charge in [-0.2, -0.15) is 0 Å². The summed E-state index contributed by atoms with van der Waals surface area (Å²) in [5.41, 5.74) is 7.85. The second kappa shape index (κ2) is 10.6. The topological polar surface area (TPSA) is 175 Å². The quantitative estimate of drug-likeness (QED) is 0.301. The summed E-state index contributed by atoms with van der Waals surface area (Å²) in [4.78, 5) is 50.4. The highest BCUT2D eigenvalue weighted by Gasteiger charge is 2.30. The van der Waals surface area contributed by atoms with Crippen molar-refractivity contribution in [2.24, 2.45) is 11.7 Å². The molecule has 2 rings (SSSR count). The summed E-state index contributed by atoms with van der Waals surface area (Å²) < 4.78 is 0. The summed E-state index contributed by atoms with van der Waals surface area (Å²) in [5.74, 6) is -4.12. The van der Waals surface area contributed by atoms with Crippen molar-refractivity contribution in [2.75, 3.05) is 0 Å². The number of nitrogens with two attached hydrogens (primary N) is 1. The van der Waals surface area contributed by atoms with Crippen LogP contribution in [0.25, 0.3) is 10.9 Å². The fourth-order valence-electron chi connectivity index (χ4n) is 3.21. The molecule has 0 bridgehead atoms.